The van der Waals surface area contributed by atoms with Crippen molar-refractivity contribution in [3.05, 3.63) is 72.8 Å². The lowest BCUT2D eigenvalue weighted by molar-refractivity contribution is 0.557. The SMILES string of the molecule is CN(CC=CCN(C)C(=S)Nc1ccccc1)C(=S)Nc1ccccc1. The molecule has 0 saturated carbocycles. The molecule has 4 nitrogen and oxygen atoms in total. The Bertz CT molecular complexity index is 668. The van der Waals surface area contributed by atoms with Crippen LogP contribution in [0.15, 0.2) is 72.8 Å². The van der Waals surface area contributed by atoms with Crippen LogP contribution >= 0.6 is 24.4 Å². The fourth-order valence-electron chi connectivity index (χ4n) is 2.11. The van der Waals surface area contributed by atoms with E-state index in [1.165, 1.54) is 0 Å². The number of thiocarbonyl (C=S) groups is 2. The average Bonchev–Trinajstić information content (AvgIpc) is 2.66. The number of nitrogens with zero attached hydrogens (tertiary/aromatic N) is 2. The van der Waals surface area contributed by atoms with Crippen LogP contribution < -0.4 is 10.6 Å². The number of likely N-dealkylation sites (N-methyl/N-ethyl adjacent to an activating group) is 2. The van der Waals surface area contributed by atoms with Gasteiger partial charge in [0.2, 0.25) is 0 Å². The van der Waals surface area contributed by atoms with Crippen molar-refractivity contribution in [1.82, 2.24) is 9.80 Å². The molecule has 136 valence electrons. The van der Waals surface area contributed by atoms with Gasteiger partial charge >= 0.3 is 0 Å². The highest BCUT2D eigenvalue weighted by atomic mass is 32.1. The third-order valence-electron chi connectivity index (χ3n) is 3.67. The Morgan fingerprint density at radius 2 is 1.08 bits per heavy atom. The van der Waals surface area contributed by atoms with Crippen molar-refractivity contribution < 1.29 is 0 Å². The Balaban J connectivity index is 1.72. The Morgan fingerprint density at radius 1 is 0.731 bits per heavy atom. The van der Waals surface area contributed by atoms with E-state index >= 15 is 0 Å². The maximum Gasteiger partial charge on any atom is 0.173 e. The lowest BCUT2D eigenvalue weighted by Crippen LogP contribution is -2.32. The van der Waals surface area contributed by atoms with E-state index in [1.807, 2.05) is 84.6 Å². The summed E-state index contributed by atoms with van der Waals surface area (Å²) in [5.41, 5.74) is 1.98. The number of rotatable bonds is 6. The van der Waals surface area contributed by atoms with E-state index < -0.39 is 0 Å². The van der Waals surface area contributed by atoms with Crippen molar-refractivity contribution in [3.8, 4) is 0 Å². The second-order valence-electron chi connectivity index (χ2n) is 5.82. The van der Waals surface area contributed by atoms with Crippen molar-refractivity contribution in [1.29, 1.82) is 0 Å². The first-order chi connectivity index (χ1) is 12.6. The summed E-state index contributed by atoms with van der Waals surface area (Å²) in [5.74, 6) is 0. The molecule has 0 radical (unpaired) electrons. The largest absolute Gasteiger partial charge is 0.348 e. The van der Waals surface area contributed by atoms with Crippen molar-refractivity contribution in [3.63, 3.8) is 0 Å². The second kappa shape index (κ2) is 10.5. The predicted octanol–water partition coefficient (Wildman–Crippen LogP) is 4.20. The Kier molecular flexibility index (Phi) is 8.05. The maximum atomic E-state index is 5.41. The molecular formula is C20H24N4S2. The number of hydrogen-bond donors (Lipinski definition) is 2. The molecule has 0 aromatic heterocycles. The molecule has 0 aliphatic heterocycles. The first-order valence-corrected chi connectivity index (χ1v) is 9.17. The zero-order valence-corrected chi connectivity index (χ0v) is 16.7. The van der Waals surface area contributed by atoms with Gasteiger partial charge in [-0.2, -0.15) is 0 Å². The van der Waals surface area contributed by atoms with Gasteiger partial charge in [-0.3, -0.25) is 0 Å². The second-order valence-corrected chi connectivity index (χ2v) is 6.60. The molecule has 0 bridgehead atoms. The molecule has 0 saturated heterocycles. The highest BCUT2D eigenvalue weighted by molar-refractivity contribution is 7.80. The van der Waals surface area contributed by atoms with Gasteiger partial charge in [-0.25, -0.2) is 0 Å². The van der Waals surface area contributed by atoms with Gasteiger partial charge in [0.15, 0.2) is 10.2 Å². The molecule has 2 aromatic carbocycles. The molecule has 0 amide bonds. The van der Waals surface area contributed by atoms with Gasteiger partial charge in [0.1, 0.15) is 0 Å². The van der Waals surface area contributed by atoms with Crippen LogP contribution in [0.2, 0.25) is 0 Å². The molecule has 0 aliphatic carbocycles. The van der Waals surface area contributed by atoms with Gasteiger partial charge in [0, 0.05) is 38.6 Å². The van der Waals surface area contributed by atoms with Gasteiger partial charge in [-0.15, -0.1) is 0 Å². The monoisotopic (exact) mass is 384 g/mol. The van der Waals surface area contributed by atoms with E-state index in [4.69, 9.17) is 24.4 Å². The molecule has 2 N–H and O–H groups in total. The molecule has 0 aliphatic rings. The average molecular weight is 385 g/mol. The maximum absolute atomic E-state index is 5.41. The van der Waals surface area contributed by atoms with Crippen LogP contribution in [0.3, 0.4) is 0 Å². The minimum atomic E-state index is 0.690. The summed E-state index contributed by atoms with van der Waals surface area (Å²) in [6, 6.07) is 19.8. The third kappa shape index (κ3) is 6.82. The molecular weight excluding hydrogens is 360 g/mol. The van der Waals surface area contributed by atoms with Gasteiger partial charge in [-0.1, -0.05) is 48.6 Å². The number of hydrogen-bond acceptors (Lipinski definition) is 2. The first kappa shape index (κ1) is 19.9. The Hall–Kier alpha value is -2.44. The van der Waals surface area contributed by atoms with Gasteiger partial charge in [0.25, 0.3) is 0 Å². The zero-order valence-electron chi connectivity index (χ0n) is 15.1. The summed E-state index contributed by atoms with van der Waals surface area (Å²) in [6.07, 6.45) is 4.17. The van der Waals surface area contributed by atoms with Crippen LogP contribution in [0.25, 0.3) is 0 Å². The van der Waals surface area contributed by atoms with E-state index in [0.717, 1.165) is 24.5 Å². The smallest absolute Gasteiger partial charge is 0.173 e. The van der Waals surface area contributed by atoms with Gasteiger partial charge in [0.05, 0.1) is 0 Å². The van der Waals surface area contributed by atoms with Crippen molar-refractivity contribution in [2.24, 2.45) is 0 Å². The lowest BCUT2D eigenvalue weighted by Gasteiger charge is -2.21. The molecule has 0 unspecified atom stereocenters. The molecule has 0 heterocycles. The standard InChI is InChI=1S/C20H24N4S2/c1-23(19(25)21-17-11-5-3-6-12-17)15-9-10-16-24(2)20(26)22-18-13-7-4-8-14-18/h3-14H,15-16H2,1-2H3,(H,21,25)(H,22,26). The number of benzene rings is 2. The Labute approximate surface area is 166 Å². The quantitative estimate of drug-likeness (QED) is 0.573. The van der Waals surface area contributed by atoms with E-state index in [-0.39, 0.29) is 0 Å². The van der Waals surface area contributed by atoms with Crippen molar-refractivity contribution in [2.75, 3.05) is 37.8 Å². The topological polar surface area (TPSA) is 30.5 Å². The minimum Gasteiger partial charge on any atom is -0.348 e. The van der Waals surface area contributed by atoms with Crippen molar-refractivity contribution in [2.45, 2.75) is 0 Å². The predicted molar refractivity (Wildman–Crippen MR) is 120 cm³/mol. The zero-order chi connectivity index (χ0) is 18.8. The van der Waals surface area contributed by atoms with Crippen LogP contribution in [0.1, 0.15) is 0 Å². The number of para-hydroxylation sites is 2. The molecule has 0 fully saturated rings. The van der Waals surface area contributed by atoms with Crippen LogP contribution in [0, 0.1) is 0 Å². The number of nitrogens with one attached hydrogen (secondary N) is 2. The van der Waals surface area contributed by atoms with E-state index in [0.29, 0.717) is 10.2 Å². The fraction of sp³-hybridized carbons (Fsp3) is 0.200. The van der Waals surface area contributed by atoms with Gasteiger partial charge in [-0.05, 0) is 48.7 Å². The van der Waals surface area contributed by atoms with Crippen molar-refractivity contribution >= 4 is 46.0 Å². The minimum absolute atomic E-state index is 0.690. The highest BCUT2D eigenvalue weighted by Crippen LogP contribution is 2.07. The summed E-state index contributed by atoms with van der Waals surface area (Å²) in [7, 11) is 3.93. The highest BCUT2D eigenvalue weighted by Gasteiger charge is 2.04. The summed E-state index contributed by atoms with van der Waals surface area (Å²) >= 11 is 10.8. The lowest BCUT2D eigenvalue weighted by atomic mass is 10.3. The summed E-state index contributed by atoms with van der Waals surface area (Å²) in [5, 5.41) is 7.82. The molecule has 6 heteroatoms. The fourth-order valence-corrected chi connectivity index (χ4v) is 2.50. The van der Waals surface area contributed by atoms with Gasteiger partial charge < -0.3 is 20.4 Å². The Morgan fingerprint density at radius 3 is 1.42 bits per heavy atom. The summed E-state index contributed by atoms with van der Waals surface area (Å²) in [4.78, 5) is 3.97. The van der Waals surface area contributed by atoms with E-state index in [1.54, 1.807) is 0 Å². The van der Waals surface area contributed by atoms with Crippen LogP contribution in [-0.4, -0.2) is 47.2 Å². The normalized spacial score (nSPS) is 10.4. The van der Waals surface area contributed by atoms with E-state index in [9.17, 15) is 0 Å². The van der Waals surface area contributed by atoms with E-state index in [2.05, 4.69) is 22.8 Å². The molecule has 0 atom stereocenters. The first-order valence-electron chi connectivity index (χ1n) is 8.35. The number of anilines is 2. The summed E-state index contributed by atoms with van der Waals surface area (Å²) < 4.78 is 0. The third-order valence-corrected chi connectivity index (χ3v) is 4.50. The molecule has 2 rings (SSSR count). The molecule has 26 heavy (non-hydrogen) atoms. The summed E-state index contributed by atoms with van der Waals surface area (Å²) in [6.45, 7) is 1.46. The van der Waals surface area contributed by atoms with Crippen LogP contribution in [0.5, 0.6) is 0 Å². The molecule has 2 aromatic rings. The molecule has 0 spiro atoms. The van der Waals surface area contributed by atoms with Crippen LogP contribution in [-0.2, 0) is 0 Å². The van der Waals surface area contributed by atoms with Crippen LogP contribution in [0.4, 0.5) is 11.4 Å².